The fraction of sp³-hybridized carbons (Fsp3) is 0.353. The van der Waals surface area contributed by atoms with E-state index in [-0.39, 0.29) is 17.9 Å². The summed E-state index contributed by atoms with van der Waals surface area (Å²) in [5, 5.41) is 3.86. The van der Waals surface area contributed by atoms with Gasteiger partial charge in [-0.1, -0.05) is 32.0 Å². The zero-order valence-electron chi connectivity index (χ0n) is 12.4. The molecule has 0 radical (unpaired) electrons. The van der Waals surface area contributed by atoms with Crippen LogP contribution in [0.3, 0.4) is 0 Å². The van der Waals surface area contributed by atoms with Crippen molar-refractivity contribution >= 4 is 23.1 Å². The molecule has 0 aliphatic carbocycles. The molecule has 1 aromatic carbocycles. The van der Waals surface area contributed by atoms with Gasteiger partial charge < -0.3 is 10.1 Å². The first-order valence-electron chi connectivity index (χ1n) is 7.25. The van der Waals surface area contributed by atoms with Crippen molar-refractivity contribution in [3.63, 3.8) is 0 Å². The van der Waals surface area contributed by atoms with Crippen LogP contribution in [0.4, 0.5) is 0 Å². The lowest BCUT2D eigenvalue weighted by molar-refractivity contribution is -0.111. The van der Waals surface area contributed by atoms with Gasteiger partial charge in [-0.05, 0) is 25.0 Å². The molecular formula is C17H20N2O2. The maximum atomic E-state index is 12.5. The standard InChI is InChI=1S/C17H20N2O2/c1-3-13(10-12(2)11-20)19-17(21)15-8-9-18-16-7-5-4-6-14(15)16/h4-9,11-13H,3,10H2,1-2H3,(H,19,21). The molecule has 0 saturated heterocycles. The van der Waals surface area contributed by atoms with Crippen molar-refractivity contribution in [3.05, 3.63) is 42.1 Å². The van der Waals surface area contributed by atoms with Crippen LogP contribution in [0.15, 0.2) is 36.5 Å². The van der Waals surface area contributed by atoms with Crippen LogP contribution in [-0.2, 0) is 4.79 Å². The third-order valence-electron chi connectivity index (χ3n) is 3.61. The second kappa shape index (κ2) is 6.97. The van der Waals surface area contributed by atoms with Crippen molar-refractivity contribution in [3.8, 4) is 0 Å². The number of benzene rings is 1. The Kier molecular flexibility index (Phi) is 5.04. The number of nitrogens with zero attached hydrogens (tertiary/aromatic N) is 1. The highest BCUT2D eigenvalue weighted by Gasteiger charge is 2.16. The lowest BCUT2D eigenvalue weighted by atomic mass is 10.0. The molecular weight excluding hydrogens is 264 g/mol. The van der Waals surface area contributed by atoms with Gasteiger partial charge in [0.2, 0.25) is 0 Å². The van der Waals surface area contributed by atoms with Crippen molar-refractivity contribution in [2.45, 2.75) is 32.7 Å². The Balaban J connectivity index is 2.20. The number of hydrogen-bond acceptors (Lipinski definition) is 3. The predicted molar refractivity (Wildman–Crippen MR) is 83.1 cm³/mol. The van der Waals surface area contributed by atoms with E-state index in [1.807, 2.05) is 38.1 Å². The molecule has 2 unspecified atom stereocenters. The lowest BCUT2D eigenvalue weighted by Crippen LogP contribution is -2.35. The molecule has 21 heavy (non-hydrogen) atoms. The van der Waals surface area contributed by atoms with Gasteiger partial charge in [0.1, 0.15) is 6.29 Å². The third kappa shape index (κ3) is 3.66. The fourth-order valence-electron chi connectivity index (χ4n) is 2.39. The van der Waals surface area contributed by atoms with E-state index in [0.29, 0.717) is 12.0 Å². The van der Waals surface area contributed by atoms with Gasteiger partial charge >= 0.3 is 0 Å². The number of fused-ring (bicyclic) bond motifs is 1. The molecule has 2 atom stereocenters. The van der Waals surface area contributed by atoms with Crippen molar-refractivity contribution < 1.29 is 9.59 Å². The minimum atomic E-state index is -0.112. The van der Waals surface area contributed by atoms with Crippen LogP contribution >= 0.6 is 0 Å². The van der Waals surface area contributed by atoms with Gasteiger partial charge in [-0.3, -0.25) is 9.78 Å². The molecule has 2 aromatic rings. The minimum absolute atomic E-state index is 0.00428. The Morgan fingerprint density at radius 1 is 1.33 bits per heavy atom. The molecule has 1 aromatic heterocycles. The molecule has 0 saturated carbocycles. The number of hydrogen-bond donors (Lipinski definition) is 1. The Morgan fingerprint density at radius 3 is 2.81 bits per heavy atom. The third-order valence-corrected chi connectivity index (χ3v) is 3.61. The Bertz CT molecular complexity index is 634. The van der Waals surface area contributed by atoms with E-state index in [9.17, 15) is 9.59 Å². The Labute approximate surface area is 124 Å². The lowest BCUT2D eigenvalue weighted by Gasteiger charge is -2.19. The first kappa shape index (κ1) is 15.2. The van der Waals surface area contributed by atoms with Gasteiger partial charge in [0.05, 0.1) is 11.1 Å². The molecule has 4 nitrogen and oxygen atoms in total. The molecule has 2 rings (SSSR count). The molecule has 0 aliphatic heterocycles. The number of aldehydes is 1. The normalized spacial score (nSPS) is 13.6. The number of carbonyl (C=O) groups is 2. The van der Waals surface area contributed by atoms with Crippen LogP contribution in [0, 0.1) is 5.92 Å². The molecule has 1 heterocycles. The zero-order chi connectivity index (χ0) is 15.2. The number of aromatic nitrogens is 1. The van der Waals surface area contributed by atoms with Crippen LogP contribution < -0.4 is 5.32 Å². The summed E-state index contributed by atoms with van der Waals surface area (Å²) < 4.78 is 0. The summed E-state index contributed by atoms with van der Waals surface area (Å²) >= 11 is 0. The number of amides is 1. The largest absolute Gasteiger partial charge is 0.349 e. The monoisotopic (exact) mass is 284 g/mol. The summed E-state index contributed by atoms with van der Waals surface area (Å²) in [6.07, 6.45) is 4.03. The van der Waals surface area contributed by atoms with Crippen molar-refractivity contribution in [2.75, 3.05) is 0 Å². The van der Waals surface area contributed by atoms with Crippen molar-refractivity contribution in [2.24, 2.45) is 5.92 Å². The number of pyridine rings is 1. The van der Waals surface area contributed by atoms with Gasteiger partial charge in [0, 0.05) is 23.5 Å². The van der Waals surface area contributed by atoms with Crippen molar-refractivity contribution in [1.29, 1.82) is 0 Å². The van der Waals surface area contributed by atoms with E-state index in [2.05, 4.69) is 10.3 Å². The highest BCUT2D eigenvalue weighted by Crippen LogP contribution is 2.17. The Hall–Kier alpha value is -2.23. The maximum Gasteiger partial charge on any atom is 0.252 e. The number of carbonyl (C=O) groups excluding carboxylic acids is 2. The first-order valence-corrected chi connectivity index (χ1v) is 7.25. The molecule has 4 heteroatoms. The first-order chi connectivity index (χ1) is 10.2. The minimum Gasteiger partial charge on any atom is -0.349 e. The van der Waals surface area contributed by atoms with E-state index in [1.54, 1.807) is 12.3 Å². The molecule has 0 spiro atoms. The zero-order valence-corrected chi connectivity index (χ0v) is 12.4. The molecule has 110 valence electrons. The van der Waals surface area contributed by atoms with Gasteiger partial charge in [0.25, 0.3) is 5.91 Å². The average Bonchev–Trinajstić information content (AvgIpc) is 2.53. The van der Waals surface area contributed by atoms with E-state index < -0.39 is 0 Å². The summed E-state index contributed by atoms with van der Waals surface area (Å²) in [5.74, 6) is -0.164. The van der Waals surface area contributed by atoms with Gasteiger partial charge in [-0.25, -0.2) is 0 Å². The van der Waals surface area contributed by atoms with Gasteiger partial charge in [-0.15, -0.1) is 0 Å². The summed E-state index contributed by atoms with van der Waals surface area (Å²) in [5.41, 5.74) is 1.43. The molecule has 1 N–H and O–H groups in total. The summed E-state index contributed by atoms with van der Waals surface area (Å²) in [6, 6.07) is 9.31. The summed E-state index contributed by atoms with van der Waals surface area (Å²) in [7, 11) is 0. The van der Waals surface area contributed by atoms with E-state index in [1.165, 1.54) is 0 Å². The van der Waals surface area contributed by atoms with Crippen LogP contribution in [0.2, 0.25) is 0 Å². The maximum absolute atomic E-state index is 12.5. The SMILES string of the molecule is CCC(CC(C)C=O)NC(=O)c1ccnc2ccccc12. The van der Waals surface area contributed by atoms with Crippen LogP contribution in [0.1, 0.15) is 37.0 Å². The van der Waals surface area contributed by atoms with Crippen LogP contribution in [-0.4, -0.2) is 23.2 Å². The molecule has 0 aliphatic rings. The highest BCUT2D eigenvalue weighted by molar-refractivity contribution is 6.06. The molecule has 0 fully saturated rings. The van der Waals surface area contributed by atoms with Crippen LogP contribution in [0.25, 0.3) is 10.9 Å². The highest BCUT2D eigenvalue weighted by atomic mass is 16.1. The number of rotatable bonds is 6. The van der Waals surface area contributed by atoms with Gasteiger partial charge in [-0.2, -0.15) is 0 Å². The average molecular weight is 284 g/mol. The van der Waals surface area contributed by atoms with Gasteiger partial charge in [0.15, 0.2) is 0 Å². The van der Waals surface area contributed by atoms with Crippen LogP contribution in [0.5, 0.6) is 0 Å². The van der Waals surface area contributed by atoms with E-state index >= 15 is 0 Å². The fourth-order valence-corrected chi connectivity index (χ4v) is 2.39. The second-order valence-electron chi connectivity index (χ2n) is 5.30. The van der Waals surface area contributed by atoms with Crippen molar-refractivity contribution in [1.82, 2.24) is 10.3 Å². The topological polar surface area (TPSA) is 59.1 Å². The Morgan fingerprint density at radius 2 is 2.10 bits per heavy atom. The second-order valence-corrected chi connectivity index (χ2v) is 5.30. The summed E-state index contributed by atoms with van der Waals surface area (Å²) in [4.78, 5) is 27.5. The quantitative estimate of drug-likeness (QED) is 0.830. The van der Waals surface area contributed by atoms with E-state index in [0.717, 1.165) is 23.6 Å². The van der Waals surface area contributed by atoms with E-state index in [4.69, 9.17) is 0 Å². The predicted octanol–water partition coefficient (Wildman–Crippen LogP) is 2.97. The molecule has 0 bridgehead atoms. The molecule has 1 amide bonds. The number of nitrogens with one attached hydrogen (secondary N) is 1. The summed E-state index contributed by atoms with van der Waals surface area (Å²) in [6.45, 7) is 3.87. The number of para-hydroxylation sites is 1. The smallest absolute Gasteiger partial charge is 0.252 e.